The second-order valence-corrected chi connectivity index (χ2v) is 9.82. The van der Waals surface area contributed by atoms with E-state index < -0.39 is 0 Å². The summed E-state index contributed by atoms with van der Waals surface area (Å²) in [7, 11) is 4.73. The molecule has 0 aromatic rings. The summed E-state index contributed by atoms with van der Waals surface area (Å²) in [5, 5.41) is 10.5. The normalized spacial score (nSPS) is 36.4. The van der Waals surface area contributed by atoms with E-state index in [1.165, 1.54) is 64.7 Å². The van der Waals surface area contributed by atoms with Gasteiger partial charge in [-0.2, -0.15) is 0 Å². The predicted octanol–water partition coefficient (Wildman–Crippen LogP) is 3.99. The maximum atomic E-state index is 10.5. The fraction of sp³-hybridized carbons (Fsp3) is 0.826. The van der Waals surface area contributed by atoms with Gasteiger partial charge in [0.15, 0.2) is 0 Å². The summed E-state index contributed by atoms with van der Waals surface area (Å²) in [4.78, 5) is 0. The molecule has 4 unspecified atom stereocenters. The maximum absolute atomic E-state index is 10.5. The third kappa shape index (κ3) is 6.83. The van der Waals surface area contributed by atoms with E-state index in [0.29, 0.717) is 0 Å². The zero-order valence-electron chi connectivity index (χ0n) is 17.5. The Morgan fingerprint density at radius 3 is 1.69 bits per heavy atom. The molecular formula is C23H44N2O+2. The van der Waals surface area contributed by atoms with Gasteiger partial charge < -0.3 is 14.1 Å². The molecule has 150 valence electrons. The van der Waals surface area contributed by atoms with E-state index in [2.05, 4.69) is 39.4 Å². The molecule has 2 fully saturated rings. The summed E-state index contributed by atoms with van der Waals surface area (Å²) in [5.41, 5.74) is 0. The molecule has 2 heterocycles. The van der Waals surface area contributed by atoms with Gasteiger partial charge in [0.25, 0.3) is 0 Å². The number of hydrogen-bond acceptors (Lipinski definition) is 1. The molecule has 3 heteroatoms. The zero-order valence-corrected chi connectivity index (χ0v) is 17.5. The van der Waals surface area contributed by atoms with Crippen LogP contribution >= 0.6 is 0 Å². The molecule has 0 aromatic carbocycles. The SMILES string of the molecule is C=CC[N+]1(C)CCCC(CCC(O)CCC2CCC[N+](C)(CC=C)C2)C1. The molecule has 0 spiro atoms. The van der Waals surface area contributed by atoms with E-state index in [0.717, 1.165) is 46.7 Å². The Bertz CT molecular complexity index is 411. The summed E-state index contributed by atoms with van der Waals surface area (Å²) in [6.07, 6.45) is 13.8. The molecule has 2 aliphatic rings. The first-order valence-electron chi connectivity index (χ1n) is 10.9. The molecule has 0 amide bonds. The third-order valence-electron chi connectivity index (χ3n) is 6.97. The van der Waals surface area contributed by atoms with Crippen molar-refractivity contribution in [2.75, 3.05) is 53.4 Å². The van der Waals surface area contributed by atoms with Gasteiger partial charge in [-0.05, 0) is 63.5 Å². The Kier molecular flexibility index (Phi) is 8.38. The van der Waals surface area contributed by atoms with Crippen LogP contribution in [0.2, 0.25) is 0 Å². The molecule has 2 saturated heterocycles. The minimum Gasteiger partial charge on any atom is -0.393 e. The van der Waals surface area contributed by atoms with E-state index in [-0.39, 0.29) is 6.10 Å². The largest absolute Gasteiger partial charge is 0.393 e. The van der Waals surface area contributed by atoms with Gasteiger partial charge in [0.2, 0.25) is 0 Å². The number of aliphatic hydroxyl groups excluding tert-OH is 1. The van der Waals surface area contributed by atoms with Gasteiger partial charge in [0.05, 0.1) is 59.5 Å². The van der Waals surface area contributed by atoms with Crippen molar-refractivity contribution in [3.8, 4) is 0 Å². The fourth-order valence-corrected chi connectivity index (χ4v) is 5.56. The van der Waals surface area contributed by atoms with Crippen molar-refractivity contribution >= 4 is 0 Å². The molecule has 2 aliphatic heterocycles. The highest BCUT2D eigenvalue weighted by Crippen LogP contribution is 2.28. The highest BCUT2D eigenvalue weighted by Gasteiger charge is 2.32. The van der Waals surface area contributed by atoms with Crippen molar-refractivity contribution in [3.05, 3.63) is 25.3 Å². The van der Waals surface area contributed by atoms with Gasteiger partial charge in [-0.3, -0.25) is 0 Å². The Morgan fingerprint density at radius 1 is 0.885 bits per heavy atom. The average Bonchev–Trinajstić information content (AvgIpc) is 2.58. The van der Waals surface area contributed by atoms with E-state index in [1.54, 1.807) is 0 Å². The van der Waals surface area contributed by atoms with E-state index in [9.17, 15) is 5.11 Å². The Morgan fingerprint density at radius 2 is 1.31 bits per heavy atom. The first-order chi connectivity index (χ1) is 12.4. The highest BCUT2D eigenvalue weighted by atomic mass is 16.3. The van der Waals surface area contributed by atoms with Crippen LogP contribution in [-0.4, -0.2) is 73.5 Å². The first kappa shape index (κ1) is 21.7. The van der Waals surface area contributed by atoms with Crippen LogP contribution in [0.5, 0.6) is 0 Å². The number of nitrogens with zero attached hydrogens (tertiary/aromatic N) is 2. The fourth-order valence-electron chi connectivity index (χ4n) is 5.56. The second-order valence-electron chi connectivity index (χ2n) is 9.82. The number of rotatable bonds is 10. The lowest BCUT2D eigenvalue weighted by Crippen LogP contribution is -2.51. The minimum atomic E-state index is -0.102. The van der Waals surface area contributed by atoms with Crippen LogP contribution in [0, 0.1) is 11.8 Å². The quantitative estimate of drug-likeness (QED) is 0.459. The third-order valence-corrected chi connectivity index (χ3v) is 6.97. The molecule has 3 nitrogen and oxygen atoms in total. The summed E-state index contributed by atoms with van der Waals surface area (Å²) in [6, 6.07) is 0. The van der Waals surface area contributed by atoms with Gasteiger partial charge in [-0.25, -0.2) is 0 Å². The molecule has 26 heavy (non-hydrogen) atoms. The molecule has 0 radical (unpaired) electrons. The number of hydrogen-bond donors (Lipinski definition) is 1. The molecule has 1 N–H and O–H groups in total. The smallest absolute Gasteiger partial charge is 0.0969 e. The Balaban J connectivity index is 1.68. The molecule has 0 saturated carbocycles. The van der Waals surface area contributed by atoms with Crippen LogP contribution in [0.25, 0.3) is 0 Å². The van der Waals surface area contributed by atoms with Crippen molar-refractivity contribution in [1.82, 2.24) is 0 Å². The molecular weight excluding hydrogens is 320 g/mol. The van der Waals surface area contributed by atoms with Crippen LogP contribution in [0.3, 0.4) is 0 Å². The lowest BCUT2D eigenvalue weighted by molar-refractivity contribution is -0.912. The van der Waals surface area contributed by atoms with Gasteiger partial charge in [0.1, 0.15) is 0 Å². The van der Waals surface area contributed by atoms with Gasteiger partial charge in [0, 0.05) is 11.8 Å². The van der Waals surface area contributed by atoms with Gasteiger partial charge in [-0.15, -0.1) is 0 Å². The van der Waals surface area contributed by atoms with Crippen LogP contribution in [0.4, 0.5) is 0 Å². The number of piperidine rings is 2. The summed E-state index contributed by atoms with van der Waals surface area (Å²) >= 11 is 0. The monoisotopic (exact) mass is 364 g/mol. The van der Waals surface area contributed by atoms with E-state index >= 15 is 0 Å². The lowest BCUT2D eigenvalue weighted by Gasteiger charge is -2.41. The first-order valence-corrected chi connectivity index (χ1v) is 10.9. The number of likely N-dealkylation sites (N-methyl/N-ethyl adjacent to an activating group) is 2. The Labute approximate surface area is 162 Å². The average molecular weight is 365 g/mol. The van der Waals surface area contributed by atoms with Crippen molar-refractivity contribution in [1.29, 1.82) is 0 Å². The molecule has 2 rings (SSSR count). The summed E-state index contributed by atoms with van der Waals surface area (Å²) < 4.78 is 2.29. The van der Waals surface area contributed by atoms with E-state index in [4.69, 9.17) is 0 Å². The van der Waals surface area contributed by atoms with Gasteiger partial charge >= 0.3 is 0 Å². The van der Waals surface area contributed by atoms with Crippen LogP contribution in [-0.2, 0) is 0 Å². The number of likely N-dealkylation sites (tertiary alicyclic amines) is 2. The summed E-state index contributed by atoms with van der Waals surface area (Å²) in [5.74, 6) is 1.57. The topological polar surface area (TPSA) is 20.2 Å². The van der Waals surface area contributed by atoms with E-state index in [1.807, 2.05) is 0 Å². The number of aliphatic hydroxyl groups is 1. The lowest BCUT2D eigenvalue weighted by atomic mass is 9.87. The van der Waals surface area contributed by atoms with Crippen molar-refractivity contribution < 1.29 is 14.1 Å². The molecule has 0 aromatic heterocycles. The molecule has 4 atom stereocenters. The molecule has 0 aliphatic carbocycles. The predicted molar refractivity (Wildman–Crippen MR) is 112 cm³/mol. The standard InChI is InChI=1S/C23H44N2O/c1-5-15-24(3)17-7-9-21(19-24)11-13-23(26)14-12-22-10-8-18-25(4,20-22)16-6-2/h5-6,21-23,26H,1-2,7-20H2,3-4H3/q+2. The van der Waals surface area contributed by atoms with Crippen molar-refractivity contribution in [2.24, 2.45) is 11.8 Å². The van der Waals surface area contributed by atoms with Gasteiger partial charge in [-0.1, -0.05) is 13.2 Å². The van der Waals surface area contributed by atoms with Crippen molar-refractivity contribution in [3.63, 3.8) is 0 Å². The molecule has 0 bridgehead atoms. The van der Waals surface area contributed by atoms with Crippen molar-refractivity contribution in [2.45, 2.75) is 57.5 Å². The Hall–Kier alpha value is -0.640. The van der Waals surface area contributed by atoms with Crippen LogP contribution in [0.15, 0.2) is 25.3 Å². The maximum Gasteiger partial charge on any atom is 0.0969 e. The number of quaternary nitrogens is 2. The summed E-state index contributed by atoms with van der Waals surface area (Å²) in [6.45, 7) is 15.1. The van der Waals surface area contributed by atoms with Crippen LogP contribution in [0.1, 0.15) is 51.4 Å². The zero-order chi connectivity index (χ0) is 19.0. The second kappa shape index (κ2) is 10.1. The highest BCUT2D eigenvalue weighted by molar-refractivity contribution is 4.74. The minimum absolute atomic E-state index is 0.102. The van der Waals surface area contributed by atoms with Crippen LogP contribution < -0.4 is 0 Å².